The van der Waals surface area contributed by atoms with Gasteiger partial charge in [0.25, 0.3) is 5.91 Å². The highest BCUT2D eigenvalue weighted by Crippen LogP contribution is 2.30. The number of nitrogens with one attached hydrogen (secondary N) is 1. The lowest BCUT2D eigenvalue weighted by molar-refractivity contribution is 0.0936. The molecular weight excluding hydrogens is 358 g/mol. The molecule has 0 saturated carbocycles. The Bertz CT molecular complexity index is 1040. The summed E-state index contributed by atoms with van der Waals surface area (Å²) in [5.74, 6) is 0.786. The van der Waals surface area contributed by atoms with Crippen LogP contribution in [0.3, 0.4) is 0 Å². The molecule has 1 N–H and O–H groups in total. The van der Waals surface area contributed by atoms with Crippen molar-refractivity contribution in [2.24, 2.45) is 0 Å². The summed E-state index contributed by atoms with van der Waals surface area (Å²) in [6, 6.07) is 13.8. The van der Waals surface area contributed by atoms with E-state index in [1.807, 2.05) is 45.0 Å². The van der Waals surface area contributed by atoms with Crippen LogP contribution in [-0.4, -0.2) is 19.1 Å². The predicted molar refractivity (Wildman–Crippen MR) is 107 cm³/mol. The topological polar surface area (TPSA) is 77.8 Å². The molecule has 146 valence electrons. The minimum absolute atomic E-state index is 0.0264. The van der Waals surface area contributed by atoms with E-state index in [0.717, 1.165) is 5.56 Å². The Hall–Kier alpha value is -3.28. The molecule has 0 radical (unpaired) electrons. The first-order chi connectivity index (χ1) is 13.5. The van der Waals surface area contributed by atoms with E-state index >= 15 is 0 Å². The first-order valence-electron chi connectivity index (χ1n) is 9.26. The number of carbonyl (C=O) groups excluding carboxylic acids is 1. The third kappa shape index (κ3) is 4.17. The van der Waals surface area contributed by atoms with Crippen LogP contribution in [0.25, 0.3) is 11.0 Å². The van der Waals surface area contributed by atoms with Gasteiger partial charge in [0, 0.05) is 5.39 Å². The van der Waals surface area contributed by atoms with E-state index in [9.17, 15) is 9.59 Å². The Kier molecular flexibility index (Phi) is 5.99. The Morgan fingerprint density at radius 3 is 2.50 bits per heavy atom. The number of carbonyl (C=O) groups is 1. The molecule has 0 fully saturated rings. The second-order valence-electron chi connectivity index (χ2n) is 6.25. The van der Waals surface area contributed by atoms with Crippen molar-refractivity contribution in [2.75, 3.05) is 13.2 Å². The Morgan fingerprint density at radius 2 is 1.75 bits per heavy atom. The van der Waals surface area contributed by atoms with Gasteiger partial charge < -0.3 is 19.2 Å². The van der Waals surface area contributed by atoms with Gasteiger partial charge in [0.2, 0.25) is 0 Å². The summed E-state index contributed by atoms with van der Waals surface area (Å²) in [7, 11) is 0. The van der Waals surface area contributed by atoms with Crippen LogP contribution < -0.4 is 20.4 Å². The minimum atomic E-state index is -0.662. The van der Waals surface area contributed by atoms with Crippen molar-refractivity contribution in [1.29, 1.82) is 0 Å². The van der Waals surface area contributed by atoms with Crippen molar-refractivity contribution in [2.45, 2.75) is 26.8 Å². The molecule has 0 aliphatic carbocycles. The van der Waals surface area contributed by atoms with E-state index in [1.165, 1.54) is 0 Å². The van der Waals surface area contributed by atoms with E-state index in [1.54, 1.807) is 24.3 Å². The first kappa shape index (κ1) is 19.5. The lowest BCUT2D eigenvalue weighted by Gasteiger charge is -2.17. The van der Waals surface area contributed by atoms with Crippen LogP contribution in [0, 0.1) is 0 Å². The Balaban J connectivity index is 1.83. The molecule has 6 nitrogen and oxygen atoms in total. The van der Waals surface area contributed by atoms with Gasteiger partial charge in [-0.05, 0) is 50.6 Å². The van der Waals surface area contributed by atoms with Crippen molar-refractivity contribution in [1.82, 2.24) is 5.32 Å². The monoisotopic (exact) mass is 381 g/mol. The van der Waals surface area contributed by atoms with Crippen molar-refractivity contribution in [3.63, 3.8) is 0 Å². The van der Waals surface area contributed by atoms with Crippen LogP contribution >= 0.6 is 0 Å². The minimum Gasteiger partial charge on any atom is -0.490 e. The molecule has 0 aliphatic heterocycles. The zero-order valence-electron chi connectivity index (χ0n) is 16.2. The number of benzene rings is 2. The van der Waals surface area contributed by atoms with Crippen molar-refractivity contribution in [3.05, 3.63) is 70.1 Å². The summed E-state index contributed by atoms with van der Waals surface area (Å²) in [6.07, 6.45) is 0. The lowest BCUT2D eigenvalue weighted by atomic mass is 10.1. The molecule has 1 aromatic heterocycles. The quantitative estimate of drug-likeness (QED) is 0.624. The average molecular weight is 381 g/mol. The molecule has 0 bridgehead atoms. The average Bonchev–Trinajstić information content (AvgIpc) is 2.69. The molecule has 0 spiro atoms. The second kappa shape index (κ2) is 8.61. The first-order valence-corrected chi connectivity index (χ1v) is 9.26. The van der Waals surface area contributed by atoms with Crippen molar-refractivity contribution >= 4 is 16.9 Å². The Morgan fingerprint density at radius 1 is 1.04 bits per heavy atom. The number of ether oxygens (including phenoxy) is 2. The number of hydrogen-bond donors (Lipinski definition) is 1. The van der Waals surface area contributed by atoms with Gasteiger partial charge in [-0.1, -0.05) is 24.3 Å². The SMILES string of the molecule is CCOc1ccc(C(C)NC(=O)c2cc3ccccc3oc2=O)cc1OCC. The molecule has 2 aromatic carbocycles. The van der Waals surface area contributed by atoms with E-state index < -0.39 is 11.5 Å². The molecule has 1 atom stereocenters. The van der Waals surface area contributed by atoms with Crippen LogP contribution in [0.4, 0.5) is 0 Å². The summed E-state index contributed by atoms with van der Waals surface area (Å²) < 4.78 is 16.4. The maximum absolute atomic E-state index is 12.6. The van der Waals surface area contributed by atoms with Crippen LogP contribution in [0.1, 0.15) is 42.7 Å². The number of rotatable bonds is 7. The van der Waals surface area contributed by atoms with Gasteiger partial charge in [-0.3, -0.25) is 4.79 Å². The van der Waals surface area contributed by atoms with Gasteiger partial charge in [0.15, 0.2) is 11.5 Å². The number of hydrogen-bond acceptors (Lipinski definition) is 5. The van der Waals surface area contributed by atoms with Gasteiger partial charge in [-0.2, -0.15) is 0 Å². The summed E-state index contributed by atoms with van der Waals surface area (Å²) in [4.78, 5) is 24.8. The molecule has 1 heterocycles. The summed E-state index contributed by atoms with van der Waals surface area (Å²) in [5.41, 5.74) is 0.599. The van der Waals surface area contributed by atoms with Crippen LogP contribution in [0.5, 0.6) is 11.5 Å². The molecule has 0 saturated heterocycles. The zero-order chi connectivity index (χ0) is 20.1. The molecule has 1 unspecified atom stereocenters. The van der Waals surface area contributed by atoms with Crippen LogP contribution in [0.2, 0.25) is 0 Å². The summed E-state index contributed by atoms with van der Waals surface area (Å²) in [5, 5.41) is 3.54. The molecular formula is C22H23NO5. The predicted octanol–water partition coefficient (Wildman–Crippen LogP) is 4.08. The fraction of sp³-hybridized carbons (Fsp3) is 0.273. The van der Waals surface area contributed by atoms with Crippen LogP contribution in [-0.2, 0) is 0 Å². The van der Waals surface area contributed by atoms with Gasteiger partial charge in [-0.15, -0.1) is 0 Å². The van der Waals surface area contributed by atoms with Gasteiger partial charge in [0.1, 0.15) is 11.1 Å². The highest BCUT2D eigenvalue weighted by atomic mass is 16.5. The molecule has 3 rings (SSSR count). The smallest absolute Gasteiger partial charge is 0.349 e. The highest BCUT2D eigenvalue weighted by molar-refractivity contribution is 5.96. The van der Waals surface area contributed by atoms with E-state index in [0.29, 0.717) is 35.7 Å². The second-order valence-corrected chi connectivity index (χ2v) is 6.25. The zero-order valence-corrected chi connectivity index (χ0v) is 16.2. The lowest BCUT2D eigenvalue weighted by Crippen LogP contribution is -2.30. The van der Waals surface area contributed by atoms with Crippen molar-refractivity contribution < 1.29 is 18.7 Å². The van der Waals surface area contributed by atoms with Gasteiger partial charge in [0.05, 0.1) is 19.3 Å². The van der Waals surface area contributed by atoms with Gasteiger partial charge >= 0.3 is 5.63 Å². The largest absolute Gasteiger partial charge is 0.490 e. The third-order valence-electron chi connectivity index (χ3n) is 4.30. The van der Waals surface area contributed by atoms with E-state index in [-0.39, 0.29) is 11.6 Å². The maximum Gasteiger partial charge on any atom is 0.349 e. The maximum atomic E-state index is 12.6. The number of amides is 1. The molecule has 1 amide bonds. The fourth-order valence-electron chi connectivity index (χ4n) is 2.92. The summed E-state index contributed by atoms with van der Waals surface area (Å²) >= 11 is 0. The normalized spacial score (nSPS) is 11.8. The molecule has 0 aliphatic rings. The van der Waals surface area contributed by atoms with Crippen molar-refractivity contribution in [3.8, 4) is 11.5 Å². The standard InChI is InChI=1S/C22H23NO5/c1-4-26-19-11-10-15(13-20(19)27-5-2)14(3)23-21(24)17-12-16-8-6-7-9-18(16)28-22(17)25/h6-14H,4-5H2,1-3H3,(H,23,24). The highest BCUT2D eigenvalue weighted by Gasteiger charge is 2.18. The fourth-order valence-corrected chi connectivity index (χ4v) is 2.92. The third-order valence-corrected chi connectivity index (χ3v) is 4.30. The molecule has 3 aromatic rings. The number of fused-ring (bicyclic) bond motifs is 1. The van der Waals surface area contributed by atoms with E-state index in [2.05, 4.69) is 5.32 Å². The molecule has 28 heavy (non-hydrogen) atoms. The van der Waals surface area contributed by atoms with E-state index in [4.69, 9.17) is 13.9 Å². The number of para-hydroxylation sites is 1. The van der Waals surface area contributed by atoms with Crippen LogP contribution in [0.15, 0.2) is 57.7 Å². The Labute approximate surface area is 163 Å². The molecule has 6 heteroatoms. The summed E-state index contributed by atoms with van der Waals surface area (Å²) in [6.45, 7) is 6.67. The van der Waals surface area contributed by atoms with Gasteiger partial charge in [-0.25, -0.2) is 4.79 Å².